The van der Waals surface area contributed by atoms with E-state index in [9.17, 15) is 4.79 Å². The molecule has 0 spiro atoms. The van der Waals surface area contributed by atoms with Crippen molar-refractivity contribution in [2.75, 3.05) is 33.5 Å². The number of fused-ring (bicyclic) bond motifs is 2. The average molecular weight is 447 g/mol. The van der Waals surface area contributed by atoms with Crippen LogP contribution in [0, 0.1) is 0 Å². The van der Waals surface area contributed by atoms with Gasteiger partial charge in [-0.1, -0.05) is 18.2 Å². The Bertz CT molecular complexity index is 1190. The summed E-state index contributed by atoms with van der Waals surface area (Å²) >= 11 is 0. The highest BCUT2D eigenvalue weighted by molar-refractivity contribution is 5.96. The van der Waals surface area contributed by atoms with E-state index in [4.69, 9.17) is 19.4 Å². The number of nitrogens with zero attached hydrogens (tertiary/aromatic N) is 4. The van der Waals surface area contributed by atoms with Crippen molar-refractivity contribution in [3.05, 3.63) is 47.7 Å². The Morgan fingerprint density at radius 3 is 2.45 bits per heavy atom. The zero-order valence-corrected chi connectivity index (χ0v) is 19.1. The average Bonchev–Trinajstić information content (AvgIpc) is 3.22. The van der Waals surface area contributed by atoms with Crippen LogP contribution in [0.25, 0.3) is 22.0 Å². The molecule has 2 aromatic heterocycles. The number of pyridine rings is 1. The highest BCUT2D eigenvalue weighted by Gasteiger charge is 2.31. The highest BCUT2D eigenvalue weighted by Crippen LogP contribution is 2.37. The summed E-state index contributed by atoms with van der Waals surface area (Å²) in [7, 11) is 1.88. The van der Waals surface area contributed by atoms with Gasteiger partial charge in [0.1, 0.15) is 12.4 Å². The molecule has 3 aliphatic rings. The fourth-order valence-electron chi connectivity index (χ4n) is 5.51. The molecule has 0 N–H and O–H groups in total. The number of likely N-dealkylation sites (N-methyl/N-ethyl adjacent to an activating group) is 1. The number of carbonyl (C=O) groups excluding carboxylic acids is 1. The number of amides is 1. The molecular weight excluding hydrogens is 416 g/mol. The summed E-state index contributed by atoms with van der Waals surface area (Å²) in [6, 6.07) is 8.67. The highest BCUT2D eigenvalue weighted by atomic mass is 16.5. The summed E-state index contributed by atoms with van der Waals surface area (Å²) < 4.78 is 13.3. The van der Waals surface area contributed by atoms with Gasteiger partial charge in [-0.25, -0.2) is 4.98 Å². The third kappa shape index (κ3) is 3.73. The number of hydrogen-bond acceptors (Lipinski definition) is 5. The van der Waals surface area contributed by atoms with Gasteiger partial charge in [-0.2, -0.15) is 0 Å². The van der Waals surface area contributed by atoms with Crippen molar-refractivity contribution < 1.29 is 14.3 Å². The molecule has 0 unspecified atom stereocenters. The van der Waals surface area contributed by atoms with Crippen LogP contribution in [0.2, 0.25) is 0 Å². The maximum atomic E-state index is 12.6. The summed E-state index contributed by atoms with van der Waals surface area (Å²) in [4.78, 5) is 24.5. The van der Waals surface area contributed by atoms with Gasteiger partial charge >= 0.3 is 0 Å². The molecule has 6 rings (SSSR count). The molecule has 0 bridgehead atoms. The van der Waals surface area contributed by atoms with Crippen molar-refractivity contribution in [1.29, 1.82) is 0 Å². The van der Waals surface area contributed by atoms with Gasteiger partial charge in [0, 0.05) is 68.2 Å². The topological polar surface area (TPSA) is 69.5 Å². The Hall–Kier alpha value is -2.77. The Balaban J connectivity index is 1.46. The lowest BCUT2D eigenvalue weighted by Gasteiger charge is -2.28. The quantitative estimate of drug-likeness (QED) is 0.611. The summed E-state index contributed by atoms with van der Waals surface area (Å²) in [5.41, 5.74) is 4.37. The molecule has 1 amide bonds. The van der Waals surface area contributed by atoms with Gasteiger partial charge in [0.15, 0.2) is 0 Å². The Morgan fingerprint density at radius 1 is 0.970 bits per heavy atom. The molecule has 3 aliphatic heterocycles. The second-order valence-electron chi connectivity index (χ2n) is 9.51. The van der Waals surface area contributed by atoms with E-state index in [2.05, 4.69) is 28.8 Å². The molecule has 0 radical (unpaired) electrons. The van der Waals surface area contributed by atoms with Crippen LogP contribution in [0.3, 0.4) is 0 Å². The summed E-state index contributed by atoms with van der Waals surface area (Å²) in [5, 5.41) is 2.31. The van der Waals surface area contributed by atoms with Gasteiger partial charge in [-0.15, -0.1) is 0 Å². The lowest BCUT2D eigenvalue weighted by molar-refractivity contribution is -0.132. The van der Waals surface area contributed by atoms with E-state index in [1.54, 1.807) is 4.90 Å². The van der Waals surface area contributed by atoms with Crippen LogP contribution in [0.4, 0.5) is 0 Å². The molecule has 2 fully saturated rings. The largest absolute Gasteiger partial charge is 0.381 e. The Morgan fingerprint density at radius 2 is 1.70 bits per heavy atom. The first kappa shape index (κ1) is 20.8. The first-order valence-electron chi connectivity index (χ1n) is 12.1. The number of rotatable bonds is 3. The van der Waals surface area contributed by atoms with Gasteiger partial charge in [-0.3, -0.25) is 9.78 Å². The van der Waals surface area contributed by atoms with E-state index in [1.807, 2.05) is 13.2 Å². The normalized spacial score (nSPS) is 20.4. The summed E-state index contributed by atoms with van der Waals surface area (Å²) in [6.45, 7) is 4.07. The van der Waals surface area contributed by atoms with E-state index in [0.717, 1.165) is 86.0 Å². The molecular formula is C26H30N4O3. The molecule has 5 heterocycles. The van der Waals surface area contributed by atoms with Gasteiger partial charge in [-0.05, 0) is 37.1 Å². The van der Waals surface area contributed by atoms with Crippen LogP contribution < -0.4 is 0 Å². The number of hydrogen-bond donors (Lipinski definition) is 0. The maximum Gasteiger partial charge on any atom is 0.242 e. The van der Waals surface area contributed by atoms with E-state index >= 15 is 0 Å². The van der Waals surface area contributed by atoms with Crippen molar-refractivity contribution in [3.8, 4) is 11.3 Å². The lowest BCUT2D eigenvalue weighted by Crippen LogP contribution is -2.37. The number of benzene rings is 1. The van der Waals surface area contributed by atoms with Crippen molar-refractivity contribution in [2.24, 2.45) is 0 Å². The smallest absolute Gasteiger partial charge is 0.242 e. The zero-order chi connectivity index (χ0) is 22.4. The minimum atomic E-state index is 0.139. The second kappa shape index (κ2) is 8.54. The molecule has 1 aromatic carbocycles. The van der Waals surface area contributed by atoms with E-state index < -0.39 is 0 Å². The first-order valence-corrected chi connectivity index (χ1v) is 12.1. The molecule has 2 saturated heterocycles. The minimum Gasteiger partial charge on any atom is -0.381 e. The first-order chi connectivity index (χ1) is 16.2. The van der Waals surface area contributed by atoms with Crippen molar-refractivity contribution in [2.45, 2.75) is 50.6 Å². The van der Waals surface area contributed by atoms with Crippen LogP contribution in [-0.2, 0) is 27.4 Å². The summed E-state index contributed by atoms with van der Waals surface area (Å²) in [6.07, 6.45) is 5.98. The van der Waals surface area contributed by atoms with Crippen LogP contribution in [0.15, 0.2) is 30.5 Å². The third-order valence-corrected chi connectivity index (χ3v) is 7.48. The predicted molar refractivity (Wildman–Crippen MR) is 125 cm³/mol. The molecule has 0 aliphatic carbocycles. The molecule has 172 valence electrons. The summed E-state index contributed by atoms with van der Waals surface area (Å²) in [5.74, 6) is 1.97. The van der Waals surface area contributed by atoms with Gasteiger partial charge in [0.05, 0.1) is 17.9 Å². The van der Waals surface area contributed by atoms with E-state index in [1.165, 1.54) is 5.39 Å². The van der Waals surface area contributed by atoms with Crippen LogP contribution in [-0.4, -0.2) is 58.8 Å². The second-order valence-corrected chi connectivity index (χ2v) is 9.51. The fraction of sp³-hybridized carbons (Fsp3) is 0.500. The lowest BCUT2D eigenvalue weighted by atomic mass is 9.94. The Labute approximate surface area is 193 Å². The van der Waals surface area contributed by atoms with Crippen molar-refractivity contribution in [1.82, 2.24) is 19.4 Å². The number of aromatic nitrogens is 3. The Kier molecular flexibility index (Phi) is 5.38. The molecule has 7 nitrogen and oxygen atoms in total. The SMILES string of the molecule is CN1Cc2c(-c3cccc4cc(C5CCOCC5)ncc34)nc(C3CCOCC3)n2CC1=O. The van der Waals surface area contributed by atoms with Crippen LogP contribution in [0.1, 0.15) is 54.7 Å². The molecule has 33 heavy (non-hydrogen) atoms. The van der Waals surface area contributed by atoms with Crippen molar-refractivity contribution in [3.63, 3.8) is 0 Å². The van der Waals surface area contributed by atoms with E-state index in [0.29, 0.717) is 24.9 Å². The molecule has 3 aromatic rings. The van der Waals surface area contributed by atoms with Crippen LogP contribution >= 0.6 is 0 Å². The number of imidazole rings is 1. The van der Waals surface area contributed by atoms with Gasteiger partial charge in [0.2, 0.25) is 5.91 Å². The maximum absolute atomic E-state index is 12.6. The van der Waals surface area contributed by atoms with Crippen molar-refractivity contribution >= 4 is 16.7 Å². The minimum absolute atomic E-state index is 0.139. The predicted octanol–water partition coefficient (Wildman–Crippen LogP) is 3.86. The molecule has 0 atom stereocenters. The third-order valence-electron chi connectivity index (χ3n) is 7.48. The number of carbonyl (C=O) groups is 1. The number of ether oxygens (including phenoxy) is 2. The zero-order valence-electron chi connectivity index (χ0n) is 19.1. The van der Waals surface area contributed by atoms with Gasteiger partial charge in [0.25, 0.3) is 0 Å². The molecule has 7 heteroatoms. The van der Waals surface area contributed by atoms with Crippen LogP contribution in [0.5, 0.6) is 0 Å². The van der Waals surface area contributed by atoms with E-state index in [-0.39, 0.29) is 5.91 Å². The van der Waals surface area contributed by atoms with Gasteiger partial charge < -0.3 is 18.9 Å². The monoisotopic (exact) mass is 446 g/mol. The molecule has 0 saturated carbocycles. The standard InChI is InChI=1S/C26H30N4O3/c1-29-15-23-25(28-26(30(23)16-24(29)31)18-7-11-33-12-8-18)20-4-2-3-19-13-22(27-14-21(19)20)17-5-9-32-10-6-17/h2-4,13-14,17-18H,5-12,15-16H2,1H3. The fourth-order valence-corrected chi connectivity index (χ4v) is 5.51.